The number of hydrogen-bond donors (Lipinski definition) is 2. The zero-order chi connectivity index (χ0) is 13.9. The van der Waals surface area contributed by atoms with E-state index in [0.29, 0.717) is 5.69 Å². The lowest BCUT2D eigenvalue weighted by atomic mass is 9.83. The summed E-state index contributed by atoms with van der Waals surface area (Å²) in [5, 5.41) is 12.3. The summed E-state index contributed by atoms with van der Waals surface area (Å²) in [7, 11) is 0. The van der Waals surface area contributed by atoms with E-state index in [1.165, 1.54) is 37.8 Å². The van der Waals surface area contributed by atoms with E-state index in [4.69, 9.17) is 5.11 Å². The first-order chi connectivity index (χ1) is 9.06. The molecule has 0 radical (unpaired) electrons. The molecule has 0 heterocycles. The van der Waals surface area contributed by atoms with Gasteiger partial charge >= 0.3 is 5.97 Å². The Hall–Kier alpha value is -1.58. The first-order valence-electron chi connectivity index (χ1n) is 6.83. The average molecular weight is 265 g/mol. The molecule has 0 bridgehead atoms. The number of hydrogen-bond acceptors (Lipinski definition) is 2. The van der Waals surface area contributed by atoms with Gasteiger partial charge in [-0.25, -0.2) is 9.18 Å². The fourth-order valence-electron chi connectivity index (χ4n) is 2.91. The Bertz CT molecular complexity index is 467. The molecule has 1 aliphatic rings. The van der Waals surface area contributed by atoms with E-state index in [1.54, 1.807) is 0 Å². The number of anilines is 1. The van der Waals surface area contributed by atoms with Gasteiger partial charge in [0.15, 0.2) is 0 Å². The van der Waals surface area contributed by atoms with Crippen molar-refractivity contribution in [2.75, 3.05) is 11.9 Å². The molecule has 1 aromatic carbocycles. The highest BCUT2D eigenvalue weighted by molar-refractivity contribution is 5.94. The summed E-state index contributed by atoms with van der Waals surface area (Å²) in [4.78, 5) is 11.1. The highest BCUT2D eigenvalue weighted by atomic mass is 19.1. The number of nitrogens with one attached hydrogen (secondary N) is 1. The monoisotopic (exact) mass is 265 g/mol. The molecule has 0 amide bonds. The van der Waals surface area contributed by atoms with Crippen LogP contribution in [0.4, 0.5) is 10.1 Å². The summed E-state index contributed by atoms with van der Waals surface area (Å²) in [6.07, 6.45) is 5.93. The Kier molecular flexibility index (Phi) is 4.08. The van der Waals surface area contributed by atoms with Crippen LogP contribution in [0.2, 0.25) is 0 Å². The van der Waals surface area contributed by atoms with Gasteiger partial charge in [0.05, 0.1) is 5.56 Å². The molecule has 1 fully saturated rings. The molecule has 0 aliphatic heterocycles. The van der Waals surface area contributed by atoms with Crippen LogP contribution in [0.3, 0.4) is 0 Å². The number of carbonyl (C=O) groups is 1. The molecule has 1 aliphatic carbocycles. The highest BCUT2D eigenvalue weighted by Gasteiger charge is 2.31. The molecule has 1 saturated carbocycles. The Balaban J connectivity index is 2.13. The lowest BCUT2D eigenvalue weighted by molar-refractivity contribution is 0.0697. The third-order valence-electron chi connectivity index (χ3n) is 4.28. The maximum Gasteiger partial charge on any atom is 0.337 e. The van der Waals surface area contributed by atoms with E-state index >= 15 is 0 Å². The zero-order valence-corrected chi connectivity index (χ0v) is 11.2. The van der Waals surface area contributed by atoms with E-state index < -0.39 is 11.8 Å². The van der Waals surface area contributed by atoms with Gasteiger partial charge in [0.2, 0.25) is 0 Å². The number of aromatic carboxylic acids is 1. The Morgan fingerprint density at radius 1 is 1.42 bits per heavy atom. The fraction of sp³-hybridized carbons (Fsp3) is 0.533. The first kappa shape index (κ1) is 13.8. The van der Waals surface area contributed by atoms with Crippen LogP contribution in [0.25, 0.3) is 0 Å². The average Bonchev–Trinajstić information content (AvgIpc) is 2.86. The Morgan fingerprint density at radius 3 is 2.68 bits per heavy atom. The molecule has 4 heteroatoms. The van der Waals surface area contributed by atoms with Crippen molar-refractivity contribution in [2.24, 2.45) is 5.41 Å². The van der Waals surface area contributed by atoms with Crippen LogP contribution < -0.4 is 5.32 Å². The second-order valence-electron chi connectivity index (χ2n) is 5.41. The van der Waals surface area contributed by atoms with Crippen molar-refractivity contribution in [3.63, 3.8) is 0 Å². The van der Waals surface area contributed by atoms with Crippen molar-refractivity contribution in [3.05, 3.63) is 29.6 Å². The summed E-state index contributed by atoms with van der Waals surface area (Å²) < 4.78 is 13.1. The maximum atomic E-state index is 13.1. The van der Waals surface area contributed by atoms with Crippen LogP contribution in [0, 0.1) is 11.2 Å². The van der Waals surface area contributed by atoms with E-state index in [1.807, 2.05) is 0 Å². The lowest BCUT2D eigenvalue weighted by Gasteiger charge is -2.28. The van der Waals surface area contributed by atoms with Gasteiger partial charge in [0.1, 0.15) is 5.82 Å². The predicted molar refractivity (Wildman–Crippen MR) is 73.0 cm³/mol. The second-order valence-corrected chi connectivity index (χ2v) is 5.41. The van der Waals surface area contributed by atoms with Crippen molar-refractivity contribution < 1.29 is 14.3 Å². The van der Waals surface area contributed by atoms with Gasteiger partial charge in [-0.2, -0.15) is 0 Å². The topological polar surface area (TPSA) is 49.3 Å². The van der Waals surface area contributed by atoms with Crippen LogP contribution in [-0.4, -0.2) is 17.6 Å². The van der Waals surface area contributed by atoms with Crippen molar-refractivity contribution in [2.45, 2.75) is 39.0 Å². The van der Waals surface area contributed by atoms with Crippen LogP contribution in [0.15, 0.2) is 18.2 Å². The van der Waals surface area contributed by atoms with Crippen LogP contribution in [0.5, 0.6) is 0 Å². The molecule has 1 aromatic rings. The van der Waals surface area contributed by atoms with Crippen LogP contribution >= 0.6 is 0 Å². The zero-order valence-electron chi connectivity index (χ0n) is 11.2. The maximum absolute atomic E-state index is 13.1. The number of benzene rings is 1. The molecule has 2 N–H and O–H groups in total. The Labute approximate surface area is 112 Å². The summed E-state index contributed by atoms with van der Waals surface area (Å²) in [6.45, 7) is 2.94. The summed E-state index contributed by atoms with van der Waals surface area (Å²) in [5.41, 5.74) is 0.780. The Morgan fingerprint density at radius 2 is 2.11 bits per heavy atom. The van der Waals surface area contributed by atoms with Crippen LogP contribution in [-0.2, 0) is 0 Å². The number of rotatable bonds is 5. The molecule has 0 saturated heterocycles. The molecular formula is C15H20FNO2. The van der Waals surface area contributed by atoms with Gasteiger partial charge in [-0.15, -0.1) is 0 Å². The second kappa shape index (κ2) is 5.59. The normalized spacial score (nSPS) is 17.4. The van der Waals surface area contributed by atoms with E-state index in [0.717, 1.165) is 19.0 Å². The standard InChI is InChI=1S/C15H20FNO2/c1-2-15(7-3-4-8-15)10-17-13-6-5-11(16)9-12(13)14(18)19/h5-6,9,17H,2-4,7-8,10H2,1H3,(H,18,19). The van der Waals surface area contributed by atoms with Gasteiger partial charge in [0.25, 0.3) is 0 Å². The summed E-state index contributed by atoms with van der Waals surface area (Å²) in [6, 6.07) is 3.87. The molecule has 0 aromatic heterocycles. The molecule has 19 heavy (non-hydrogen) atoms. The van der Waals surface area contributed by atoms with Crippen molar-refractivity contribution >= 4 is 11.7 Å². The van der Waals surface area contributed by atoms with E-state index in [-0.39, 0.29) is 11.0 Å². The van der Waals surface area contributed by atoms with Crippen molar-refractivity contribution in [1.82, 2.24) is 0 Å². The molecule has 2 rings (SSSR count). The highest BCUT2D eigenvalue weighted by Crippen LogP contribution is 2.41. The third kappa shape index (κ3) is 3.06. The molecule has 0 atom stereocenters. The van der Waals surface area contributed by atoms with E-state index in [9.17, 15) is 9.18 Å². The number of carboxylic acid groups (broad SMARTS) is 1. The largest absolute Gasteiger partial charge is 0.478 e. The summed E-state index contributed by atoms with van der Waals surface area (Å²) in [5.74, 6) is -1.62. The van der Waals surface area contributed by atoms with Gasteiger partial charge in [-0.05, 0) is 42.9 Å². The minimum atomic E-state index is -1.10. The van der Waals surface area contributed by atoms with Gasteiger partial charge in [-0.3, -0.25) is 0 Å². The van der Waals surface area contributed by atoms with Crippen molar-refractivity contribution in [3.8, 4) is 0 Å². The third-order valence-corrected chi connectivity index (χ3v) is 4.28. The molecule has 3 nitrogen and oxygen atoms in total. The van der Waals surface area contributed by atoms with Crippen molar-refractivity contribution in [1.29, 1.82) is 0 Å². The van der Waals surface area contributed by atoms with Gasteiger partial charge in [0, 0.05) is 12.2 Å². The smallest absolute Gasteiger partial charge is 0.337 e. The SMILES string of the molecule is CCC1(CNc2ccc(F)cc2C(=O)O)CCCC1. The minimum Gasteiger partial charge on any atom is -0.478 e. The quantitative estimate of drug-likeness (QED) is 0.848. The molecule has 104 valence electrons. The summed E-state index contributed by atoms with van der Waals surface area (Å²) >= 11 is 0. The van der Waals surface area contributed by atoms with E-state index in [2.05, 4.69) is 12.2 Å². The molecular weight excluding hydrogens is 245 g/mol. The number of halogens is 1. The predicted octanol–water partition coefficient (Wildman–Crippen LogP) is 3.91. The van der Waals surface area contributed by atoms with Gasteiger partial charge < -0.3 is 10.4 Å². The first-order valence-corrected chi connectivity index (χ1v) is 6.83. The minimum absolute atomic E-state index is 0.00394. The molecule has 0 spiro atoms. The number of carboxylic acids is 1. The fourth-order valence-corrected chi connectivity index (χ4v) is 2.91. The van der Waals surface area contributed by atoms with Gasteiger partial charge in [-0.1, -0.05) is 19.8 Å². The lowest BCUT2D eigenvalue weighted by Crippen LogP contribution is -2.26. The molecule has 0 unspecified atom stereocenters. The van der Waals surface area contributed by atoms with Crippen LogP contribution in [0.1, 0.15) is 49.4 Å².